The Balaban J connectivity index is 1.59. The zero-order chi connectivity index (χ0) is 16.5. The molecule has 0 spiro atoms. The molecule has 4 rings (SSSR count). The summed E-state index contributed by atoms with van der Waals surface area (Å²) in [6, 6.07) is 5.17. The van der Waals surface area contributed by atoms with Crippen LogP contribution in [0.1, 0.15) is 16.8 Å². The van der Waals surface area contributed by atoms with E-state index in [0.717, 1.165) is 12.2 Å². The summed E-state index contributed by atoms with van der Waals surface area (Å²) >= 11 is 1.51. The van der Waals surface area contributed by atoms with Crippen molar-refractivity contribution in [3.8, 4) is 11.5 Å². The predicted molar refractivity (Wildman–Crippen MR) is 89.2 cm³/mol. The lowest BCUT2D eigenvalue weighted by atomic mass is 10.2. The molecule has 8 heteroatoms. The van der Waals surface area contributed by atoms with Gasteiger partial charge in [0.15, 0.2) is 16.7 Å². The Hall–Kier alpha value is -2.48. The number of carbonyl (C=O) groups is 1. The Morgan fingerprint density at radius 1 is 1.25 bits per heavy atom. The van der Waals surface area contributed by atoms with E-state index in [0.29, 0.717) is 42.1 Å². The number of amides is 1. The summed E-state index contributed by atoms with van der Waals surface area (Å²) in [4.78, 5) is 29.0. The predicted octanol–water partition coefficient (Wildman–Crippen LogP) is 1.76. The second-order valence-corrected chi connectivity index (χ2v) is 6.49. The summed E-state index contributed by atoms with van der Waals surface area (Å²) in [6.45, 7) is 1.75. The monoisotopic (exact) mass is 345 g/mol. The molecule has 3 heterocycles. The Morgan fingerprint density at radius 3 is 2.96 bits per heavy atom. The lowest BCUT2D eigenvalue weighted by Crippen LogP contribution is -2.29. The van der Waals surface area contributed by atoms with E-state index >= 15 is 0 Å². The van der Waals surface area contributed by atoms with E-state index in [2.05, 4.69) is 10.3 Å². The standard InChI is InChI=1S/C16H15N3O4S/c20-14(11-9-17-16-19(15(11)21)4-7-24-16)18-10-2-3-12-13(8-10)23-6-1-5-22-12/h2-3,8-9H,1,4-7H2,(H,18,20). The zero-order valence-corrected chi connectivity index (χ0v) is 13.6. The summed E-state index contributed by atoms with van der Waals surface area (Å²) in [5.74, 6) is 1.57. The zero-order valence-electron chi connectivity index (χ0n) is 12.8. The molecule has 1 aromatic heterocycles. The molecule has 0 saturated heterocycles. The molecule has 0 saturated carbocycles. The summed E-state index contributed by atoms with van der Waals surface area (Å²) < 4.78 is 12.7. The number of ether oxygens (including phenoxy) is 2. The highest BCUT2D eigenvalue weighted by molar-refractivity contribution is 7.99. The maximum absolute atomic E-state index is 12.4. The quantitative estimate of drug-likeness (QED) is 0.835. The second kappa shape index (κ2) is 6.20. The van der Waals surface area contributed by atoms with E-state index in [1.807, 2.05) is 0 Å². The van der Waals surface area contributed by atoms with Crippen molar-refractivity contribution in [3.05, 3.63) is 40.3 Å². The lowest BCUT2D eigenvalue weighted by Gasteiger charge is -2.10. The number of fused-ring (bicyclic) bond motifs is 2. The van der Waals surface area contributed by atoms with Gasteiger partial charge in [0.05, 0.1) is 13.2 Å². The molecule has 2 aromatic rings. The molecule has 0 fully saturated rings. The van der Waals surface area contributed by atoms with Crippen LogP contribution in [0.4, 0.5) is 5.69 Å². The van der Waals surface area contributed by atoms with Crippen LogP contribution < -0.4 is 20.3 Å². The van der Waals surface area contributed by atoms with Crippen molar-refractivity contribution in [3.63, 3.8) is 0 Å². The maximum Gasteiger partial charge on any atom is 0.267 e. The van der Waals surface area contributed by atoms with Crippen LogP contribution in [0.5, 0.6) is 11.5 Å². The van der Waals surface area contributed by atoms with Gasteiger partial charge in [-0.1, -0.05) is 11.8 Å². The first-order valence-electron chi connectivity index (χ1n) is 7.66. The van der Waals surface area contributed by atoms with Gasteiger partial charge >= 0.3 is 0 Å². The molecular formula is C16H15N3O4S. The molecule has 124 valence electrons. The second-order valence-electron chi connectivity index (χ2n) is 5.43. The van der Waals surface area contributed by atoms with Crippen molar-refractivity contribution < 1.29 is 14.3 Å². The molecule has 7 nitrogen and oxygen atoms in total. The maximum atomic E-state index is 12.4. The molecule has 24 heavy (non-hydrogen) atoms. The number of anilines is 1. The minimum absolute atomic E-state index is 0.0355. The summed E-state index contributed by atoms with van der Waals surface area (Å²) in [5.41, 5.74) is 0.272. The smallest absolute Gasteiger partial charge is 0.267 e. The highest BCUT2D eigenvalue weighted by Gasteiger charge is 2.20. The number of rotatable bonds is 2. The van der Waals surface area contributed by atoms with Gasteiger partial charge in [-0.25, -0.2) is 4.98 Å². The Bertz CT molecular complexity index is 865. The summed E-state index contributed by atoms with van der Waals surface area (Å²) in [5, 5.41) is 3.39. The fourth-order valence-corrected chi connectivity index (χ4v) is 3.53. The first-order chi connectivity index (χ1) is 11.7. The van der Waals surface area contributed by atoms with Crippen LogP contribution in [0, 0.1) is 0 Å². The third kappa shape index (κ3) is 2.73. The lowest BCUT2D eigenvalue weighted by molar-refractivity contribution is 0.102. The van der Waals surface area contributed by atoms with Crippen molar-refractivity contribution >= 4 is 23.4 Å². The van der Waals surface area contributed by atoms with Gasteiger partial charge in [-0.15, -0.1) is 0 Å². The summed E-state index contributed by atoms with van der Waals surface area (Å²) in [7, 11) is 0. The average Bonchev–Trinajstić information content (AvgIpc) is 2.94. The van der Waals surface area contributed by atoms with E-state index in [1.165, 1.54) is 22.5 Å². The molecule has 1 N–H and O–H groups in total. The van der Waals surface area contributed by atoms with Gasteiger partial charge in [-0.05, 0) is 12.1 Å². The van der Waals surface area contributed by atoms with Crippen molar-refractivity contribution in [1.82, 2.24) is 9.55 Å². The first-order valence-corrected chi connectivity index (χ1v) is 8.64. The van der Waals surface area contributed by atoms with Crippen molar-refractivity contribution in [2.24, 2.45) is 0 Å². The normalized spacial score (nSPS) is 15.5. The van der Waals surface area contributed by atoms with E-state index in [-0.39, 0.29) is 11.1 Å². The molecule has 2 aliphatic rings. The van der Waals surface area contributed by atoms with E-state index < -0.39 is 5.91 Å². The molecule has 1 amide bonds. The van der Waals surface area contributed by atoms with E-state index in [1.54, 1.807) is 18.2 Å². The van der Waals surface area contributed by atoms with Gasteiger partial charge in [-0.2, -0.15) is 0 Å². The van der Waals surface area contributed by atoms with E-state index in [4.69, 9.17) is 9.47 Å². The largest absolute Gasteiger partial charge is 0.490 e. The molecule has 0 atom stereocenters. The van der Waals surface area contributed by atoms with Crippen LogP contribution in [0.25, 0.3) is 0 Å². The Morgan fingerprint density at radius 2 is 2.08 bits per heavy atom. The number of benzene rings is 1. The van der Waals surface area contributed by atoms with Crippen molar-refractivity contribution in [2.75, 3.05) is 24.3 Å². The number of aromatic nitrogens is 2. The van der Waals surface area contributed by atoms with Crippen LogP contribution in [-0.2, 0) is 6.54 Å². The van der Waals surface area contributed by atoms with Gasteiger partial charge in [0.1, 0.15) is 5.56 Å². The average molecular weight is 345 g/mol. The fraction of sp³-hybridized carbons (Fsp3) is 0.312. The van der Waals surface area contributed by atoms with Gasteiger partial charge in [-0.3, -0.25) is 14.2 Å². The molecule has 0 bridgehead atoms. The highest BCUT2D eigenvalue weighted by atomic mass is 32.2. The van der Waals surface area contributed by atoms with Crippen LogP contribution in [0.15, 0.2) is 34.3 Å². The highest BCUT2D eigenvalue weighted by Crippen LogP contribution is 2.32. The molecule has 0 unspecified atom stereocenters. The molecule has 0 aliphatic carbocycles. The first kappa shape index (κ1) is 15.1. The molecule has 2 aliphatic heterocycles. The Labute approximate surface area is 142 Å². The van der Waals surface area contributed by atoms with Crippen LogP contribution in [-0.4, -0.2) is 34.4 Å². The molecular weight excluding hydrogens is 330 g/mol. The number of hydrogen-bond donors (Lipinski definition) is 1. The number of nitrogens with one attached hydrogen (secondary N) is 1. The van der Waals surface area contributed by atoms with Gasteiger partial charge < -0.3 is 14.8 Å². The van der Waals surface area contributed by atoms with E-state index in [9.17, 15) is 9.59 Å². The van der Waals surface area contributed by atoms with Gasteiger partial charge in [0.2, 0.25) is 0 Å². The number of hydrogen-bond acceptors (Lipinski definition) is 6. The summed E-state index contributed by atoms with van der Waals surface area (Å²) in [6.07, 6.45) is 2.15. The Kier molecular flexibility index (Phi) is 3.89. The molecule has 0 radical (unpaired) electrons. The number of nitrogens with zero attached hydrogens (tertiary/aromatic N) is 2. The van der Waals surface area contributed by atoms with Crippen molar-refractivity contribution in [2.45, 2.75) is 18.1 Å². The third-order valence-corrected chi connectivity index (χ3v) is 4.78. The van der Waals surface area contributed by atoms with Gasteiger partial charge in [0.25, 0.3) is 11.5 Å². The van der Waals surface area contributed by atoms with Crippen LogP contribution in [0.2, 0.25) is 0 Å². The fourth-order valence-electron chi connectivity index (χ4n) is 2.61. The number of carbonyl (C=O) groups excluding carboxylic acids is 1. The minimum Gasteiger partial charge on any atom is -0.490 e. The van der Waals surface area contributed by atoms with Crippen molar-refractivity contribution in [1.29, 1.82) is 0 Å². The molecule has 1 aromatic carbocycles. The topological polar surface area (TPSA) is 82.4 Å². The SMILES string of the molecule is O=C(Nc1ccc2c(c1)OCCCO2)c1cnc2n(c1=O)CCS2. The van der Waals surface area contributed by atoms with Gasteiger partial charge in [0, 0.05) is 36.7 Å². The number of thioether (sulfide) groups is 1. The third-order valence-electron chi connectivity index (χ3n) is 3.81. The van der Waals surface area contributed by atoms with Crippen LogP contribution >= 0.6 is 11.8 Å². The van der Waals surface area contributed by atoms with Crippen LogP contribution in [0.3, 0.4) is 0 Å². The minimum atomic E-state index is -0.478.